The molecule has 104 valence electrons. The minimum absolute atomic E-state index is 0.0218. The molecule has 2 aromatic heterocycles. The Hall–Kier alpha value is -1.87. The third-order valence-electron chi connectivity index (χ3n) is 2.70. The van der Waals surface area contributed by atoms with Crippen molar-refractivity contribution >= 4 is 15.8 Å². The predicted molar refractivity (Wildman–Crippen MR) is 69.9 cm³/mol. The van der Waals surface area contributed by atoms with Crippen molar-refractivity contribution < 1.29 is 8.42 Å². The topological polar surface area (TPSA) is 119 Å². The molecular weight excluding hydrogens is 268 g/mol. The highest BCUT2D eigenvalue weighted by atomic mass is 32.2. The maximum absolute atomic E-state index is 12.2. The largest absolute Gasteiger partial charge is 0.332 e. The number of nitrogens with two attached hydrogens (primary N) is 1. The van der Waals surface area contributed by atoms with Crippen molar-refractivity contribution in [2.45, 2.75) is 24.9 Å². The smallest absolute Gasteiger partial charge is 0.280 e. The molecule has 0 fully saturated rings. The summed E-state index contributed by atoms with van der Waals surface area (Å²) in [7, 11) is -2.07. The average Bonchev–Trinajstić information content (AvgIpc) is 2.98. The van der Waals surface area contributed by atoms with Gasteiger partial charge in [0.1, 0.15) is 11.6 Å². The Morgan fingerprint density at radius 3 is 2.79 bits per heavy atom. The van der Waals surface area contributed by atoms with Crippen molar-refractivity contribution in [1.82, 2.24) is 19.7 Å². The molecule has 0 aliphatic rings. The number of anilines is 1. The lowest BCUT2D eigenvalue weighted by Gasteiger charge is -2.08. The lowest BCUT2D eigenvalue weighted by atomic mass is 10.3. The van der Waals surface area contributed by atoms with Crippen molar-refractivity contribution in [1.29, 1.82) is 0 Å². The van der Waals surface area contributed by atoms with Crippen LogP contribution in [0.3, 0.4) is 0 Å². The van der Waals surface area contributed by atoms with E-state index in [2.05, 4.69) is 19.8 Å². The summed E-state index contributed by atoms with van der Waals surface area (Å²) in [6.45, 7) is 2.09. The molecule has 0 saturated heterocycles. The van der Waals surface area contributed by atoms with Crippen molar-refractivity contribution in [3.63, 3.8) is 0 Å². The summed E-state index contributed by atoms with van der Waals surface area (Å²) < 4.78 is 28.3. The van der Waals surface area contributed by atoms with Crippen LogP contribution in [0.15, 0.2) is 17.4 Å². The first-order chi connectivity index (χ1) is 8.97. The predicted octanol–water partition coefficient (Wildman–Crippen LogP) is -0.0349. The fourth-order valence-corrected chi connectivity index (χ4v) is 2.68. The van der Waals surface area contributed by atoms with E-state index in [4.69, 9.17) is 5.73 Å². The molecule has 19 heavy (non-hydrogen) atoms. The number of hydrogen-bond donors (Lipinski definition) is 3. The van der Waals surface area contributed by atoms with Crippen LogP contribution in [-0.4, -0.2) is 28.2 Å². The molecule has 4 N–H and O–H groups in total. The summed E-state index contributed by atoms with van der Waals surface area (Å²) >= 11 is 0. The molecule has 0 aliphatic carbocycles. The van der Waals surface area contributed by atoms with E-state index in [-0.39, 0.29) is 11.6 Å². The highest BCUT2D eigenvalue weighted by Crippen LogP contribution is 2.18. The quantitative estimate of drug-likeness (QED) is 0.712. The Labute approximate surface area is 111 Å². The number of aryl methyl sites for hydroxylation is 2. The third-order valence-corrected chi connectivity index (χ3v) is 3.94. The van der Waals surface area contributed by atoms with Gasteiger partial charge in [-0.1, -0.05) is 6.92 Å². The third kappa shape index (κ3) is 2.61. The Morgan fingerprint density at radius 2 is 2.21 bits per heavy atom. The number of sulfonamides is 1. The number of H-pyrrole nitrogens is 1. The SMILES string of the molecule is CCc1ncc(S(=O)(=O)Nc2c(CN)cnn2C)[nH]1. The van der Waals surface area contributed by atoms with Gasteiger partial charge in [0.05, 0.1) is 12.4 Å². The van der Waals surface area contributed by atoms with Crippen LogP contribution in [0.5, 0.6) is 0 Å². The molecule has 9 heteroatoms. The molecule has 0 aromatic carbocycles. The molecule has 0 atom stereocenters. The number of imidazole rings is 1. The minimum atomic E-state index is -3.71. The van der Waals surface area contributed by atoms with Crippen LogP contribution in [0.25, 0.3) is 0 Å². The normalized spacial score (nSPS) is 11.7. The van der Waals surface area contributed by atoms with Crippen LogP contribution in [-0.2, 0) is 30.0 Å². The summed E-state index contributed by atoms with van der Waals surface area (Å²) in [5, 5.41) is 3.99. The van der Waals surface area contributed by atoms with Crippen LogP contribution in [0.4, 0.5) is 5.82 Å². The zero-order valence-corrected chi connectivity index (χ0v) is 11.5. The van der Waals surface area contributed by atoms with Crippen LogP contribution >= 0.6 is 0 Å². The molecule has 0 unspecified atom stereocenters. The van der Waals surface area contributed by atoms with Gasteiger partial charge in [0.25, 0.3) is 10.0 Å². The van der Waals surface area contributed by atoms with Crippen LogP contribution in [0, 0.1) is 0 Å². The van der Waals surface area contributed by atoms with Crippen LogP contribution < -0.4 is 10.5 Å². The van der Waals surface area contributed by atoms with Gasteiger partial charge in [0, 0.05) is 25.6 Å². The van der Waals surface area contributed by atoms with Crippen molar-refractivity contribution in [2.75, 3.05) is 4.72 Å². The molecule has 0 spiro atoms. The van der Waals surface area contributed by atoms with Gasteiger partial charge < -0.3 is 10.7 Å². The zero-order chi connectivity index (χ0) is 14.0. The number of hydrogen-bond acceptors (Lipinski definition) is 5. The summed E-state index contributed by atoms with van der Waals surface area (Å²) in [5.41, 5.74) is 6.17. The standard InChI is InChI=1S/C10H16N6O2S/c1-3-8-12-6-9(14-8)19(17,18)15-10-7(4-11)5-13-16(10)2/h5-6,15H,3-4,11H2,1-2H3,(H,12,14). The number of nitrogens with zero attached hydrogens (tertiary/aromatic N) is 3. The van der Waals surface area contributed by atoms with Gasteiger partial charge in [-0.15, -0.1) is 0 Å². The Kier molecular flexibility index (Phi) is 3.58. The molecule has 0 radical (unpaired) electrons. The van der Waals surface area contributed by atoms with Crippen LogP contribution in [0.1, 0.15) is 18.3 Å². The Bertz CT molecular complexity index is 672. The van der Waals surface area contributed by atoms with E-state index in [0.717, 1.165) is 0 Å². The second kappa shape index (κ2) is 5.02. The average molecular weight is 284 g/mol. The van der Waals surface area contributed by atoms with Gasteiger partial charge in [-0.2, -0.15) is 13.5 Å². The molecule has 0 saturated carbocycles. The zero-order valence-electron chi connectivity index (χ0n) is 10.7. The molecular formula is C10H16N6O2S. The Morgan fingerprint density at radius 1 is 1.47 bits per heavy atom. The minimum Gasteiger partial charge on any atom is -0.332 e. The van der Waals surface area contributed by atoms with E-state index in [9.17, 15) is 8.42 Å². The number of rotatable bonds is 5. The molecule has 0 amide bonds. The molecule has 2 rings (SSSR count). The summed E-state index contributed by atoms with van der Waals surface area (Å²) in [6, 6.07) is 0. The lowest BCUT2D eigenvalue weighted by Crippen LogP contribution is -2.17. The maximum Gasteiger partial charge on any atom is 0.280 e. The summed E-state index contributed by atoms with van der Waals surface area (Å²) in [4.78, 5) is 6.72. The van der Waals surface area contributed by atoms with Gasteiger partial charge in [-0.3, -0.25) is 9.40 Å². The van der Waals surface area contributed by atoms with E-state index in [1.165, 1.54) is 17.1 Å². The van der Waals surface area contributed by atoms with Gasteiger partial charge in [0.15, 0.2) is 5.03 Å². The summed E-state index contributed by atoms with van der Waals surface area (Å²) in [6.07, 6.45) is 3.46. The first kappa shape index (κ1) is 13.6. The number of nitrogens with one attached hydrogen (secondary N) is 2. The van der Waals surface area contributed by atoms with Crippen molar-refractivity contribution in [2.24, 2.45) is 12.8 Å². The fraction of sp³-hybridized carbons (Fsp3) is 0.400. The maximum atomic E-state index is 12.2. The highest BCUT2D eigenvalue weighted by molar-refractivity contribution is 7.92. The molecule has 2 heterocycles. The monoisotopic (exact) mass is 284 g/mol. The second-order valence-corrected chi connectivity index (χ2v) is 5.65. The first-order valence-corrected chi connectivity index (χ1v) is 7.24. The van der Waals surface area contributed by atoms with Crippen molar-refractivity contribution in [3.05, 3.63) is 23.8 Å². The van der Waals surface area contributed by atoms with E-state index >= 15 is 0 Å². The van der Waals surface area contributed by atoms with Crippen LogP contribution in [0.2, 0.25) is 0 Å². The van der Waals surface area contributed by atoms with Gasteiger partial charge in [-0.05, 0) is 0 Å². The Balaban J connectivity index is 2.33. The van der Waals surface area contributed by atoms with E-state index in [1.54, 1.807) is 7.05 Å². The second-order valence-electron chi connectivity index (χ2n) is 4.00. The van der Waals surface area contributed by atoms with E-state index in [1.807, 2.05) is 6.92 Å². The van der Waals surface area contributed by atoms with E-state index in [0.29, 0.717) is 23.6 Å². The summed E-state index contributed by atoms with van der Waals surface area (Å²) in [5.74, 6) is 0.972. The first-order valence-electron chi connectivity index (χ1n) is 5.75. The van der Waals surface area contributed by atoms with Gasteiger partial charge in [-0.25, -0.2) is 4.98 Å². The van der Waals surface area contributed by atoms with Gasteiger partial charge >= 0.3 is 0 Å². The van der Waals surface area contributed by atoms with Gasteiger partial charge in [0.2, 0.25) is 0 Å². The molecule has 8 nitrogen and oxygen atoms in total. The number of aromatic amines is 1. The fourth-order valence-electron chi connectivity index (χ4n) is 1.61. The van der Waals surface area contributed by atoms with E-state index < -0.39 is 10.0 Å². The molecule has 2 aromatic rings. The molecule has 0 aliphatic heterocycles. The van der Waals surface area contributed by atoms with Crippen molar-refractivity contribution in [3.8, 4) is 0 Å². The molecule has 0 bridgehead atoms. The lowest BCUT2D eigenvalue weighted by molar-refractivity contribution is 0.597. The highest BCUT2D eigenvalue weighted by Gasteiger charge is 2.20. The number of aromatic nitrogens is 4.